The van der Waals surface area contributed by atoms with Crippen LogP contribution >= 0.6 is 0 Å². The predicted molar refractivity (Wildman–Crippen MR) is 94.3 cm³/mol. The lowest BCUT2D eigenvalue weighted by Crippen LogP contribution is -2.48. The van der Waals surface area contributed by atoms with Gasteiger partial charge in [-0.15, -0.1) is 0 Å². The summed E-state index contributed by atoms with van der Waals surface area (Å²) < 4.78 is 10.7. The van der Waals surface area contributed by atoms with Crippen molar-refractivity contribution >= 4 is 18.2 Å². The second-order valence-electron chi connectivity index (χ2n) is 6.82. The minimum absolute atomic E-state index is 0.0727. The number of rotatable bonds is 1. The van der Waals surface area contributed by atoms with Gasteiger partial charge in [0, 0.05) is 17.9 Å². The molecule has 2 aliphatic carbocycles. The molecule has 0 aromatic carbocycles. The fourth-order valence-electron chi connectivity index (χ4n) is 4.71. The summed E-state index contributed by atoms with van der Waals surface area (Å²) in [5, 5.41) is 6.89. The Labute approximate surface area is 153 Å². The number of Topliss-reactive ketones (excluding diaryl/α,β-unsaturated/α-hetero) is 1. The number of ketones is 1. The third kappa shape index (κ3) is 4.17. The predicted octanol–water partition coefficient (Wildman–Crippen LogP) is 4.01. The van der Waals surface area contributed by atoms with Crippen LogP contribution in [0.5, 0.6) is 0 Å². The topological polar surface area (TPSA) is 93.8 Å². The largest absolute Gasteiger partial charge is 0.483 e. The van der Waals surface area contributed by atoms with Gasteiger partial charge in [-0.1, -0.05) is 13.8 Å². The standard InChI is InChI=1S/C17H20O4.C2H6.CH2O2/c18-14-3-1-2-10-4-5-12-13(16(10)14)8-15(21-17(12)19)11-6-7-20-9-11;1-2;2-1-3/h6-7,9-10,12-13,15-16H,1-5,8H2;1-2H3;1H,(H,2,3). The second-order valence-corrected chi connectivity index (χ2v) is 6.82. The molecule has 1 saturated heterocycles. The van der Waals surface area contributed by atoms with Crippen LogP contribution in [-0.4, -0.2) is 23.3 Å². The summed E-state index contributed by atoms with van der Waals surface area (Å²) in [4.78, 5) is 33.1. The zero-order valence-corrected chi connectivity index (χ0v) is 15.4. The number of hydrogen-bond acceptors (Lipinski definition) is 5. The summed E-state index contributed by atoms with van der Waals surface area (Å²) in [6.07, 6.45) is 8.51. The number of carbonyl (C=O) groups is 3. The minimum Gasteiger partial charge on any atom is -0.483 e. The van der Waals surface area contributed by atoms with Gasteiger partial charge >= 0.3 is 5.97 Å². The molecular formula is C20H28O6. The van der Waals surface area contributed by atoms with Gasteiger partial charge in [0.1, 0.15) is 11.9 Å². The van der Waals surface area contributed by atoms with E-state index in [4.69, 9.17) is 19.1 Å². The fourth-order valence-corrected chi connectivity index (χ4v) is 4.71. The van der Waals surface area contributed by atoms with Crippen molar-refractivity contribution in [1.29, 1.82) is 0 Å². The van der Waals surface area contributed by atoms with Crippen LogP contribution in [0.4, 0.5) is 0 Å². The molecule has 2 saturated carbocycles. The molecule has 0 spiro atoms. The van der Waals surface area contributed by atoms with E-state index in [0.29, 0.717) is 18.1 Å². The minimum atomic E-state index is -0.250. The molecule has 1 aromatic rings. The lowest BCUT2D eigenvalue weighted by molar-refractivity contribution is -0.174. The summed E-state index contributed by atoms with van der Waals surface area (Å²) >= 11 is 0. The average molecular weight is 364 g/mol. The zero-order valence-electron chi connectivity index (χ0n) is 15.4. The van der Waals surface area contributed by atoms with Gasteiger partial charge in [-0.2, -0.15) is 0 Å². The number of carbonyl (C=O) groups excluding carboxylic acids is 2. The molecule has 144 valence electrons. The molecule has 1 N–H and O–H groups in total. The quantitative estimate of drug-likeness (QED) is 0.598. The van der Waals surface area contributed by atoms with Crippen molar-refractivity contribution in [3.8, 4) is 0 Å². The number of carboxylic acid groups (broad SMARTS) is 1. The van der Waals surface area contributed by atoms with E-state index in [-0.39, 0.29) is 36.3 Å². The molecule has 0 bridgehead atoms. The molecule has 1 aromatic heterocycles. The number of cyclic esters (lactones) is 1. The Bertz CT molecular complexity index is 593. The Balaban J connectivity index is 0.000000444. The summed E-state index contributed by atoms with van der Waals surface area (Å²) in [7, 11) is 0. The van der Waals surface area contributed by atoms with Crippen LogP contribution in [0.3, 0.4) is 0 Å². The third-order valence-corrected chi connectivity index (χ3v) is 5.67. The first-order valence-corrected chi connectivity index (χ1v) is 9.48. The highest BCUT2D eigenvalue weighted by molar-refractivity contribution is 5.84. The van der Waals surface area contributed by atoms with Crippen LogP contribution in [0.2, 0.25) is 0 Å². The number of furan rings is 1. The monoisotopic (exact) mass is 364 g/mol. The van der Waals surface area contributed by atoms with Crippen LogP contribution < -0.4 is 0 Å². The maximum absolute atomic E-state index is 12.4. The first-order valence-electron chi connectivity index (χ1n) is 9.48. The molecule has 26 heavy (non-hydrogen) atoms. The number of fused-ring (bicyclic) bond motifs is 3. The van der Waals surface area contributed by atoms with E-state index >= 15 is 0 Å². The maximum Gasteiger partial charge on any atom is 0.309 e. The molecule has 5 unspecified atom stereocenters. The summed E-state index contributed by atoms with van der Waals surface area (Å²) in [5.41, 5.74) is 0.909. The van der Waals surface area contributed by atoms with Crippen LogP contribution in [-0.2, 0) is 19.1 Å². The molecule has 3 fully saturated rings. The molecule has 1 aliphatic heterocycles. The van der Waals surface area contributed by atoms with Crippen molar-refractivity contribution in [3.05, 3.63) is 24.2 Å². The van der Waals surface area contributed by atoms with Gasteiger partial charge < -0.3 is 14.3 Å². The van der Waals surface area contributed by atoms with Gasteiger partial charge in [-0.05, 0) is 50.0 Å². The van der Waals surface area contributed by atoms with Crippen LogP contribution in [0.15, 0.2) is 23.0 Å². The second kappa shape index (κ2) is 9.55. The highest BCUT2D eigenvalue weighted by Crippen LogP contribution is 2.51. The van der Waals surface area contributed by atoms with Crippen molar-refractivity contribution in [2.45, 2.75) is 58.5 Å². The normalized spacial score (nSPS) is 32.5. The molecule has 4 rings (SSSR count). The van der Waals surface area contributed by atoms with Gasteiger partial charge in [0.05, 0.1) is 18.4 Å². The molecule has 0 amide bonds. The summed E-state index contributed by atoms with van der Waals surface area (Å²) in [6.45, 7) is 3.75. The number of ether oxygens (including phenoxy) is 1. The van der Waals surface area contributed by atoms with E-state index in [2.05, 4.69) is 0 Å². The molecule has 6 nitrogen and oxygen atoms in total. The first kappa shape index (κ1) is 20.2. The molecule has 2 heterocycles. The maximum atomic E-state index is 12.4. The molecule has 0 radical (unpaired) electrons. The van der Waals surface area contributed by atoms with Gasteiger partial charge in [-0.25, -0.2) is 0 Å². The number of esters is 1. The van der Waals surface area contributed by atoms with Crippen molar-refractivity contribution < 1.29 is 28.6 Å². The zero-order chi connectivity index (χ0) is 19.1. The Kier molecular flexibility index (Phi) is 7.42. The van der Waals surface area contributed by atoms with Crippen LogP contribution in [0, 0.1) is 23.7 Å². The average Bonchev–Trinajstić information content (AvgIpc) is 3.18. The van der Waals surface area contributed by atoms with E-state index in [9.17, 15) is 9.59 Å². The Morgan fingerprint density at radius 3 is 2.58 bits per heavy atom. The van der Waals surface area contributed by atoms with Crippen molar-refractivity contribution in [3.63, 3.8) is 0 Å². The van der Waals surface area contributed by atoms with Crippen molar-refractivity contribution in [2.24, 2.45) is 23.7 Å². The molecular weight excluding hydrogens is 336 g/mol. The highest BCUT2D eigenvalue weighted by atomic mass is 16.5. The van der Waals surface area contributed by atoms with Crippen LogP contribution in [0.1, 0.15) is 64.0 Å². The lowest BCUT2D eigenvalue weighted by atomic mass is 9.59. The van der Waals surface area contributed by atoms with E-state index in [0.717, 1.165) is 37.7 Å². The molecule has 5 atom stereocenters. The molecule has 6 heteroatoms. The van der Waals surface area contributed by atoms with E-state index < -0.39 is 0 Å². The molecule has 3 aliphatic rings. The number of hydrogen-bond donors (Lipinski definition) is 1. The SMILES string of the molecule is CC.O=C1OC(c2ccoc2)CC2C1CCC1CCCC(=O)C12.O=CO. The Morgan fingerprint density at radius 1 is 1.19 bits per heavy atom. The fraction of sp³-hybridized carbons (Fsp3) is 0.650. The van der Waals surface area contributed by atoms with E-state index in [1.807, 2.05) is 19.9 Å². The van der Waals surface area contributed by atoms with E-state index in [1.165, 1.54) is 0 Å². The Hall–Kier alpha value is -2.11. The smallest absolute Gasteiger partial charge is 0.309 e. The highest BCUT2D eigenvalue weighted by Gasteiger charge is 2.51. The van der Waals surface area contributed by atoms with Crippen molar-refractivity contribution in [2.75, 3.05) is 0 Å². The Morgan fingerprint density at radius 2 is 1.92 bits per heavy atom. The first-order chi connectivity index (χ1) is 12.7. The van der Waals surface area contributed by atoms with Crippen LogP contribution in [0.25, 0.3) is 0 Å². The van der Waals surface area contributed by atoms with Gasteiger partial charge in [0.2, 0.25) is 0 Å². The lowest BCUT2D eigenvalue weighted by Gasteiger charge is -2.47. The van der Waals surface area contributed by atoms with Gasteiger partial charge in [0.25, 0.3) is 6.47 Å². The summed E-state index contributed by atoms with van der Waals surface area (Å²) in [5.74, 6) is 0.924. The van der Waals surface area contributed by atoms with Gasteiger partial charge in [-0.3, -0.25) is 14.4 Å². The van der Waals surface area contributed by atoms with Gasteiger partial charge in [0.15, 0.2) is 0 Å². The van der Waals surface area contributed by atoms with E-state index in [1.54, 1.807) is 12.5 Å². The van der Waals surface area contributed by atoms with Crippen molar-refractivity contribution in [1.82, 2.24) is 0 Å². The summed E-state index contributed by atoms with van der Waals surface area (Å²) in [6, 6.07) is 1.85. The third-order valence-electron chi connectivity index (χ3n) is 5.67.